The van der Waals surface area contributed by atoms with Crippen LogP contribution in [0, 0.1) is 5.92 Å². The van der Waals surface area contributed by atoms with Crippen molar-refractivity contribution in [2.75, 3.05) is 18.0 Å². The van der Waals surface area contributed by atoms with E-state index in [2.05, 4.69) is 9.97 Å². The van der Waals surface area contributed by atoms with Crippen LogP contribution in [0.15, 0.2) is 6.20 Å². The largest absolute Gasteiger partial charge is 0.480 e. The molecule has 1 N–H and O–H groups in total. The number of aliphatic carboxylic acids is 1. The Morgan fingerprint density at radius 3 is 2.62 bits per heavy atom. The molecule has 0 spiro atoms. The highest BCUT2D eigenvalue weighted by Crippen LogP contribution is 2.41. The SMILES string of the molecule is O=C(O)C1CC2CCCCC2N1C(=O)c1nc(N2CCCC2)ncc1Cl. The summed E-state index contributed by atoms with van der Waals surface area (Å²) in [6.07, 6.45) is 8.08. The maximum Gasteiger partial charge on any atom is 0.326 e. The molecule has 8 heteroatoms. The summed E-state index contributed by atoms with van der Waals surface area (Å²) in [6.45, 7) is 1.73. The van der Waals surface area contributed by atoms with Gasteiger partial charge in [-0.15, -0.1) is 0 Å². The van der Waals surface area contributed by atoms with Crippen LogP contribution in [0.25, 0.3) is 0 Å². The number of rotatable bonds is 3. The molecule has 3 aliphatic rings. The van der Waals surface area contributed by atoms with E-state index < -0.39 is 12.0 Å². The van der Waals surface area contributed by atoms with Gasteiger partial charge in [-0.05, 0) is 38.0 Å². The van der Waals surface area contributed by atoms with Crippen molar-refractivity contribution in [2.24, 2.45) is 5.92 Å². The van der Waals surface area contributed by atoms with E-state index in [1.54, 1.807) is 0 Å². The molecule has 26 heavy (non-hydrogen) atoms. The van der Waals surface area contributed by atoms with Crippen LogP contribution in [-0.2, 0) is 4.79 Å². The molecule has 4 rings (SSSR count). The van der Waals surface area contributed by atoms with Gasteiger partial charge in [-0.1, -0.05) is 24.4 Å². The van der Waals surface area contributed by atoms with E-state index in [4.69, 9.17) is 11.6 Å². The van der Waals surface area contributed by atoms with Crippen LogP contribution in [0.5, 0.6) is 0 Å². The summed E-state index contributed by atoms with van der Waals surface area (Å²) in [5, 5.41) is 9.84. The summed E-state index contributed by atoms with van der Waals surface area (Å²) in [6, 6.07) is -0.824. The Bertz CT molecular complexity index is 722. The molecule has 140 valence electrons. The molecule has 1 aliphatic carbocycles. The van der Waals surface area contributed by atoms with Crippen molar-refractivity contribution in [1.29, 1.82) is 0 Å². The summed E-state index contributed by atoms with van der Waals surface area (Å²) in [4.78, 5) is 37.3. The maximum absolute atomic E-state index is 13.3. The molecule has 3 heterocycles. The van der Waals surface area contributed by atoms with Crippen molar-refractivity contribution < 1.29 is 14.7 Å². The highest BCUT2D eigenvalue weighted by atomic mass is 35.5. The minimum Gasteiger partial charge on any atom is -0.480 e. The lowest BCUT2D eigenvalue weighted by Crippen LogP contribution is -2.46. The summed E-state index contributed by atoms with van der Waals surface area (Å²) in [7, 11) is 0. The van der Waals surface area contributed by atoms with Gasteiger partial charge in [0.25, 0.3) is 5.91 Å². The van der Waals surface area contributed by atoms with Crippen LogP contribution in [0.1, 0.15) is 55.4 Å². The van der Waals surface area contributed by atoms with Gasteiger partial charge in [-0.2, -0.15) is 0 Å². The number of likely N-dealkylation sites (tertiary alicyclic amines) is 1. The summed E-state index contributed by atoms with van der Waals surface area (Å²) in [5.74, 6) is -0.564. The molecule has 3 unspecified atom stereocenters. The molecule has 0 radical (unpaired) electrons. The second-order valence-electron chi connectivity index (χ2n) is 7.47. The number of carboxylic acids is 1. The summed E-state index contributed by atoms with van der Waals surface area (Å²) >= 11 is 6.24. The van der Waals surface area contributed by atoms with Gasteiger partial charge in [0.1, 0.15) is 6.04 Å². The van der Waals surface area contributed by atoms with Crippen molar-refractivity contribution >= 4 is 29.4 Å². The van der Waals surface area contributed by atoms with Gasteiger partial charge in [-0.25, -0.2) is 14.8 Å². The molecule has 0 bridgehead atoms. The predicted octanol–water partition coefficient (Wildman–Crippen LogP) is 2.59. The van der Waals surface area contributed by atoms with Gasteiger partial charge in [0.15, 0.2) is 5.69 Å². The minimum absolute atomic E-state index is 0.0291. The molecule has 1 aromatic heterocycles. The van der Waals surface area contributed by atoms with E-state index in [0.717, 1.165) is 51.6 Å². The van der Waals surface area contributed by atoms with Gasteiger partial charge in [0, 0.05) is 19.1 Å². The lowest BCUT2D eigenvalue weighted by Gasteiger charge is -2.33. The molecule has 3 fully saturated rings. The van der Waals surface area contributed by atoms with Gasteiger partial charge in [0.2, 0.25) is 5.95 Å². The van der Waals surface area contributed by atoms with Crippen LogP contribution in [0.3, 0.4) is 0 Å². The lowest BCUT2D eigenvalue weighted by atomic mass is 9.84. The fourth-order valence-corrected chi connectivity index (χ4v) is 4.84. The second kappa shape index (κ2) is 7.02. The normalized spacial score (nSPS) is 28.3. The fraction of sp³-hybridized carbons (Fsp3) is 0.667. The molecule has 1 amide bonds. The van der Waals surface area contributed by atoms with Crippen LogP contribution in [0.4, 0.5) is 5.95 Å². The predicted molar refractivity (Wildman–Crippen MR) is 96.4 cm³/mol. The zero-order chi connectivity index (χ0) is 18.3. The van der Waals surface area contributed by atoms with Crippen LogP contribution >= 0.6 is 11.6 Å². The highest BCUT2D eigenvalue weighted by molar-refractivity contribution is 6.33. The number of hydrogen-bond donors (Lipinski definition) is 1. The van der Waals surface area contributed by atoms with Crippen molar-refractivity contribution in [1.82, 2.24) is 14.9 Å². The van der Waals surface area contributed by atoms with Gasteiger partial charge in [-0.3, -0.25) is 4.79 Å². The smallest absolute Gasteiger partial charge is 0.326 e. The van der Waals surface area contributed by atoms with Crippen LogP contribution in [-0.4, -0.2) is 57.0 Å². The molecule has 2 saturated heterocycles. The first kappa shape index (κ1) is 17.5. The van der Waals surface area contributed by atoms with Crippen molar-refractivity contribution in [2.45, 2.75) is 57.0 Å². The number of halogens is 1. The average Bonchev–Trinajstić information content (AvgIpc) is 3.29. The van der Waals surface area contributed by atoms with E-state index in [1.165, 1.54) is 11.1 Å². The topological polar surface area (TPSA) is 86.6 Å². The van der Waals surface area contributed by atoms with Gasteiger partial charge < -0.3 is 14.9 Å². The van der Waals surface area contributed by atoms with E-state index in [-0.39, 0.29) is 28.6 Å². The number of hydrogen-bond acceptors (Lipinski definition) is 5. The Hall–Kier alpha value is -1.89. The number of carbonyl (C=O) groups excluding carboxylic acids is 1. The Kier molecular flexibility index (Phi) is 4.73. The number of carboxylic acid groups (broad SMARTS) is 1. The summed E-state index contributed by atoms with van der Waals surface area (Å²) in [5.41, 5.74) is 0.126. The van der Waals surface area contributed by atoms with Crippen molar-refractivity contribution in [3.05, 3.63) is 16.9 Å². The first-order valence-corrected chi connectivity index (χ1v) is 9.77. The number of nitrogens with zero attached hydrogens (tertiary/aromatic N) is 4. The highest BCUT2D eigenvalue weighted by Gasteiger charge is 2.48. The molecule has 2 aliphatic heterocycles. The Balaban J connectivity index is 1.66. The van der Waals surface area contributed by atoms with E-state index in [1.807, 2.05) is 4.90 Å². The number of aromatic nitrogens is 2. The molecule has 3 atom stereocenters. The number of amides is 1. The molecular formula is C18H23ClN4O3. The van der Waals surface area contributed by atoms with Gasteiger partial charge in [0.05, 0.1) is 11.2 Å². The van der Waals surface area contributed by atoms with Crippen LogP contribution in [0.2, 0.25) is 5.02 Å². The van der Waals surface area contributed by atoms with Crippen molar-refractivity contribution in [3.8, 4) is 0 Å². The third-order valence-electron chi connectivity index (χ3n) is 5.93. The quantitative estimate of drug-likeness (QED) is 0.869. The molecule has 0 aromatic carbocycles. The van der Waals surface area contributed by atoms with Crippen molar-refractivity contribution in [3.63, 3.8) is 0 Å². The molecule has 1 saturated carbocycles. The first-order chi connectivity index (χ1) is 12.6. The number of carbonyl (C=O) groups is 2. The molecule has 1 aromatic rings. The monoisotopic (exact) mass is 378 g/mol. The Morgan fingerprint density at radius 1 is 1.15 bits per heavy atom. The summed E-state index contributed by atoms with van der Waals surface area (Å²) < 4.78 is 0. The lowest BCUT2D eigenvalue weighted by molar-refractivity contribution is -0.141. The fourth-order valence-electron chi connectivity index (χ4n) is 4.67. The third-order valence-corrected chi connectivity index (χ3v) is 6.21. The second-order valence-corrected chi connectivity index (χ2v) is 7.88. The zero-order valence-electron chi connectivity index (χ0n) is 14.6. The zero-order valence-corrected chi connectivity index (χ0v) is 15.4. The standard InChI is InChI=1S/C18H23ClN4O3/c19-12-10-20-18(22-7-3-4-8-22)21-15(12)16(24)23-13-6-2-1-5-11(13)9-14(23)17(25)26/h10-11,13-14H,1-9H2,(H,25,26). The maximum atomic E-state index is 13.3. The number of fused-ring (bicyclic) bond motifs is 1. The molecule has 7 nitrogen and oxygen atoms in total. The van der Waals surface area contributed by atoms with E-state index in [9.17, 15) is 14.7 Å². The molecular weight excluding hydrogens is 356 g/mol. The van der Waals surface area contributed by atoms with E-state index >= 15 is 0 Å². The van der Waals surface area contributed by atoms with E-state index in [0.29, 0.717) is 12.4 Å². The van der Waals surface area contributed by atoms with Crippen LogP contribution < -0.4 is 4.90 Å². The Morgan fingerprint density at radius 2 is 1.88 bits per heavy atom. The first-order valence-electron chi connectivity index (χ1n) is 9.39. The third kappa shape index (κ3) is 3.02. The average molecular weight is 379 g/mol. The Labute approximate surface area is 157 Å². The van der Waals surface area contributed by atoms with Gasteiger partial charge >= 0.3 is 5.97 Å². The number of anilines is 1. The minimum atomic E-state index is -0.947.